The van der Waals surface area contributed by atoms with Crippen molar-refractivity contribution in [1.82, 2.24) is 0 Å². The average molecular weight is 228 g/mol. The van der Waals surface area contributed by atoms with Gasteiger partial charge in [0.25, 0.3) is 0 Å². The van der Waals surface area contributed by atoms with Gasteiger partial charge in [0.2, 0.25) is 0 Å². The molecule has 0 radical (unpaired) electrons. The van der Waals surface area contributed by atoms with Crippen molar-refractivity contribution in [3.05, 3.63) is 0 Å². The first-order chi connectivity index (χ1) is 0. The van der Waals surface area contributed by atoms with Gasteiger partial charge in [0.15, 0.2) is 0 Å². The molecule has 0 saturated carbocycles. The van der Waals surface area contributed by atoms with Crippen molar-refractivity contribution in [2.24, 2.45) is 0 Å². The summed E-state index contributed by atoms with van der Waals surface area (Å²) in [7, 11) is 0. The Morgan fingerprint density at radius 2 is 0.600 bits per heavy atom. The van der Waals surface area contributed by atoms with Crippen LogP contribution >= 0.6 is 0 Å². The van der Waals surface area contributed by atoms with Crippen molar-refractivity contribution in [3.8, 4) is 0 Å². The molecule has 0 aliphatic rings. The van der Waals surface area contributed by atoms with Crippen LogP contribution in [0.25, 0.3) is 0 Å². The molecule has 0 unspecified atom stereocenters. The minimum Gasteiger partial charge on any atom is -1.00 e. The Bertz CT molecular complexity index is 6.85. The third kappa shape index (κ3) is 21.8. The summed E-state index contributed by atoms with van der Waals surface area (Å²) in [6.45, 7) is 0. The third-order valence-electron chi connectivity index (χ3n) is 0. The summed E-state index contributed by atoms with van der Waals surface area (Å²) in [6.07, 6.45) is 0. The van der Waals surface area contributed by atoms with Crippen molar-refractivity contribution >= 4 is 25.8 Å². The molecule has 0 aromatic rings. The summed E-state index contributed by atoms with van der Waals surface area (Å²) in [6, 6.07) is 0. The van der Waals surface area contributed by atoms with Gasteiger partial charge in [-0.05, 0) is 0 Å². The number of rotatable bonds is 0. The first-order valence-corrected chi connectivity index (χ1v) is 0. The van der Waals surface area contributed by atoms with Gasteiger partial charge >= 0.3 is 44.7 Å². The first kappa shape index (κ1) is 53.9. The quantitative estimate of drug-likeness (QED) is 0.361. The van der Waals surface area contributed by atoms with E-state index in [2.05, 4.69) is 0 Å². The smallest absolute Gasteiger partial charge is 1.00 e. The molecule has 0 aliphatic carbocycles. The van der Waals surface area contributed by atoms with Gasteiger partial charge < -0.3 is 37.2 Å². The van der Waals surface area contributed by atoms with Crippen LogP contribution in [0.4, 0.5) is 0 Å². The Morgan fingerprint density at radius 1 is 0.600 bits per heavy atom. The maximum atomic E-state index is 0. The Morgan fingerprint density at radius 3 is 0.600 bits per heavy atom. The van der Waals surface area contributed by atoms with Crippen molar-refractivity contribution in [3.63, 3.8) is 0 Å². The Balaban J connectivity index is 0. The summed E-state index contributed by atoms with van der Waals surface area (Å²) < 4.78 is 0. The fraction of sp³-hybridized carbons (Fsp3) is 0. The van der Waals surface area contributed by atoms with Crippen LogP contribution in [0.2, 0.25) is 0 Å². The predicted molar refractivity (Wildman–Crippen MR) is 5.75 cm³/mol. The van der Waals surface area contributed by atoms with E-state index in [1.165, 1.54) is 0 Å². The van der Waals surface area contributed by atoms with E-state index >= 15 is 0 Å². The summed E-state index contributed by atoms with van der Waals surface area (Å²) >= 11 is 0. The second-order valence-electron chi connectivity index (χ2n) is 0. The summed E-state index contributed by atoms with van der Waals surface area (Å²) in [5.74, 6) is 0. The monoisotopic (exact) mass is 227 g/mol. The van der Waals surface area contributed by atoms with E-state index in [9.17, 15) is 0 Å². The molecule has 0 heterocycles. The van der Waals surface area contributed by atoms with Crippen molar-refractivity contribution in [2.75, 3.05) is 0 Å². The Hall–Kier alpha value is 2.34. The number of hydrogen-bond acceptors (Lipinski definition) is 0. The molecule has 0 spiro atoms. The van der Waals surface area contributed by atoms with Crippen LogP contribution in [0.15, 0.2) is 0 Å². The molecule has 0 aromatic carbocycles. The summed E-state index contributed by atoms with van der Waals surface area (Å²) in [5, 5.41) is 0. The van der Waals surface area contributed by atoms with E-state index in [4.69, 9.17) is 0 Å². The van der Waals surface area contributed by atoms with Crippen LogP contribution in [0.1, 0.15) is 0 Å². The van der Waals surface area contributed by atoms with Crippen molar-refractivity contribution in [2.45, 2.75) is 0 Å². The molecule has 0 bridgehead atoms. The van der Waals surface area contributed by atoms with Crippen LogP contribution in [0.5, 0.6) is 0 Å². The van der Waals surface area contributed by atoms with Crippen LogP contribution in [-0.2, 0) is 0 Å². The second kappa shape index (κ2) is 33.0. The SMILES string of the molecule is [Cl-].[Cl-].[Cl-].[In+3].[Li+]. The molecule has 0 aliphatic heterocycles. The zero-order chi connectivity index (χ0) is 0. The largest absolute Gasteiger partial charge is 3.00 e. The topological polar surface area (TPSA) is 0 Å². The molecule has 0 atom stereocenters. The van der Waals surface area contributed by atoms with Crippen molar-refractivity contribution < 1.29 is 56.1 Å². The Kier molecular flexibility index (Phi) is 356. The van der Waals surface area contributed by atoms with Gasteiger partial charge in [-0.2, -0.15) is 0 Å². The van der Waals surface area contributed by atoms with Gasteiger partial charge in [-0.25, -0.2) is 0 Å². The fourth-order valence-electron chi connectivity index (χ4n) is 0. The van der Waals surface area contributed by atoms with E-state index in [1.807, 2.05) is 0 Å². The predicted octanol–water partition coefficient (Wildman–Crippen LogP) is -12.4. The molecule has 0 nitrogen and oxygen atoms in total. The molecular formula is Cl3InLi+. The van der Waals surface area contributed by atoms with Gasteiger partial charge in [0.05, 0.1) is 0 Å². The van der Waals surface area contributed by atoms with Gasteiger partial charge in [-0.3, -0.25) is 0 Å². The molecule has 0 amide bonds. The minimum absolute atomic E-state index is 0. The molecule has 24 valence electrons. The van der Waals surface area contributed by atoms with Crippen LogP contribution in [0, 0.1) is 0 Å². The van der Waals surface area contributed by atoms with Crippen molar-refractivity contribution in [1.29, 1.82) is 0 Å². The van der Waals surface area contributed by atoms with E-state index < -0.39 is 0 Å². The Labute approximate surface area is 81.0 Å². The molecular weight excluding hydrogens is 228 g/mol. The van der Waals surface area contributed by atoms with E-state index in [1.54, 1.807) is 0 Å². The first-order valence-electron chi connectivity index (χ1n) is 0. The molecule has 0 fully saturated rings. The molecule has 0 aromatic heterocycles. The van der Waals surface area contributed by atoms with Crippen LogP contribution in [-0.4, -0.2) is 25.8 Å². The fourth-order valence-corrected chi connectivity index (χ4v) is 0. The van der Waals surface area contributed by atoms with Gasteiger partial charge in [0, 0.05) is 0 Å². The molecule has 5 heavy (non-hydrogen) atoms. The van der Waals surface area contributed by atoms with Crippen LogP contribution < -0.4 is 56.1 Å². The average Bonchev–Trinajstić information content (AvgIpc) is 0. The van der Waals surface area contributed by atoms with E-state index in [0.29, 0.717) is 0 Å². The summed E-state index contributed by atoms with van der Waals surface area (Å²) in [4.78, 5) is 0. The normalized spacial score (nSPS) is 0. The zero-order valence-electron chi connectivity index (χ0n) is 2.71. The maximum absolute atomic E-state index is 0. The third-order valence-corrected chi connectivity index (χ3v) is 0. The van der Waals surface area contributed by atoms with E-state index in [-0.39, 0.29) is 81.9 Å². The van der Waals surface area contributed by atoms with Crippen LogP contribution in [0.3, 0.4) is 0 Å². The molecule has 0 rings (SSSR count). The second-order valence-corrected chi connectivity index (χ2v) is 0. The zero-order valence-corrected chi connectivity index (χ0v) is 8.27. The molecule has 0 saturated heterocycles. The number of hydrogen-bond donors (Lipinski definition) is 0. The molecule has 5 heteroatoms. The van der Waals surface area contributed by atoms with Gasteiger partial charge in [-0.15, -0.1) is 0 Å². The van der Waals surface area contributed by atoms with Gasteiger partial charge in [0.1, 0.15) is 0 Å². The standard InChI is InChI=1S/3ClH.In.Li/h3*1H;;/q;;;+3;+1/p-3. The maximum Gasteiger partial charge on any atom is 3.00 e. The summed E-state index contributed by atoms with van der Waals surface area (Å²) in [5.41, 5.74) is 0. The number of halogens is 3. The molecule has 0 N–H and O–H groups in total. The van der Waals surface area contributed by atoms with Gasteiger partial charge in [-0.1, -0.05) is 0 Å². The minimum atomic E-state index is 0. The van der Waals surface area contributed by atoms with E-state index in [0.717, 1.165) is 0 Å².